The number of aliphatic hydroxyl groups excluding tert-OH is 1. The molecule has 4 heteroatoms. The van der Waals surface area contributed by atoms with E-state index in [1.54, 1.807) is 32.0 Å². The highest BCUT2D eigenvalue weighted by Crippen LogP contribution is 2.25. The number of carbonyl (C=O) groups excluding carboxylic acids is 1. The zero-order chi connectivity index (χ0) is 14.7. The molecule has 110 valence electrons. The maximum atomic E-state index is 12.6. The van der Waals surface area contributed by atoms with E-state index < -0.39 is 6.10 Å². The molecular formula is C16H23NO3. The van der Waals surface area contributed by atoms with E-state index in [1.807, 2.05) is 4.90 Å². The second-order valence-electron chi connectivity index (χ2n) is 5.73. The van der Waals surface area contributed by atoms with Crippen molar-refractivity contribution in [2.75, 3.05) is 6.54 Å². The minimum Gasteiger partial charge on any atom is -0.508 e. The summed E-state index contributed by atoms with van der Waals surface area (Å²) in [7, 11) is 0. The van der Waals surface area contributed by atoms with E-state index in [-0.39, 0.29) is 17.7 Å². The van der Waals surface area contributed by atoms with Crippen molar-refractivity contribution in [2.24, 2.45) is 0 Å². The monoisotopic (exact) mass is 277 g/mol. The van der Waals surface area contributed by atoms with E-state index in [9.17, 15) is 15.0 Å². The lowest BCUT2D eigenvalue weighted by molar-refractivity contribution is 0.0515. The van der Waals surface area contributed by atoms with Crippen molar-refractivity contribution in [1.82, 2.24) is 4.90 Å². The topological polar surface area (TPSA) is 60.8 Å². The van der Waals surface area contributed by atoms with Gasteiger partial charge in [0.25, 0.3) is 5.91 Å². The van der Waals surface area contributed by atoms with Crippen LogP contribution in [0.4, 0.5) is 0 Å². The molecule has 2 unspecified atom stereocenters. The molecule has 0 aromatic heterocycles. The molecule has 2 N–H and O–H groups in total. The largest absolute Gasteiger partial charge is 0.508 e. The molecule has 1 aliphatic heterocycles. The van der Waals surface area contributed by atoms with Gasteiger partial charge in [0.1, 0.15) is 5.75 Å². The number of phenols is 1. The van der Waals surface area contributed by atoms with Gasteiger partial charge in [-0.3, -0.25) is 4.79 Å². The van der Waals surface area contributed by atoms with Crippen LogP contribution in [0.25, 0.3) is 0 Å². The standard InChI is InChI=1S/C16H23NO3/c1-11-9-13(6-7-15(11)19)16(20)17-8-4-3-5-14(17)10-12(2)18/h6-7,9,12,14,18-19H,3-5,8,10H2,1-2H3. The predicted molar refractivity (Wildman–Crippen MR) is 77.8 cm³/mol. The van der Waals surface area contributed by atoms with E-state index in [4.69, 9.17) is 0 Å². The predicted octanol–water partition coefficient (Wildman–Crippen LogP) is 2.47. The Morgan fingerprint density at radius 3 is 2.85 bits per heavy atom. The van der Waals surface area contributed by atoms with E-state index in [2.05, 4.69) is 0 Å². The molecule has 1 fully saturated rings. The van der Waals surface area contributed by atoms with Crippen LogP contribution in [0.15, 0.2) is 18.2 Å². The molecule has 20 heavy (non-hydrogen) atoms. The van der Waals surface area contributed by atoms with Crippen molar-refractivity contribution in [3.8, 4) is 5.75 Å². The molecule has 0 bridgehead atoms. The fraction of sp³-hybridized carbons (Fsp3) is 0.562. The van der Waals surface area contributed by atoms with Crippen LogP contribution in [0, 0.1) is 6.92 Å². The fourth-order valence-corrected chi connectivity index (χ4v) is 2.86. The number of likely N-dealkylation sites (tertiary alicyclic amines) is 1. The number of hydrogen-bond acceptors (Lipinski definition) is 3. The quantitative estimate of drug-likeness (QED) is 0.892. The molecular weight excluding hydrogens is 254 g/mol. The van der Waals surface area contributed by atoms with E-state index in [1.165, 1.54) is 0 Å². The third-order valence-electron chi connectivity index (χ3n) is 3.94. The molecule has 0 aliphatic carbocycles. The number of hydrogen-bond donors (Lipinski definition) is 2. The van der Waals surface area contributed by atoms with E-state index >= 15 is 0 Å². The minimum atomic E-state index is -0.394. The fourth-order valence-electron chi connectivity index (χ4n) is 2.86. The molecule has 4 nitrogen and oxygen atoms in total. The minimum absolute atomic E-state index is 0.00144. The number of aryl methyl sites for hydroxylation is 1. The molecule has 1 amide bonds. The zero-order valence-corrected chi connectivity index (χ0v) is 12.2. The highest BCUT2D eigenvalue weighted by atomic mass is 16.3. The molecule has 1 saturated heterocycles. The van der Waals surface area contributed by atoms with Crippen LogP contribution in [0.3, 0.4) is 0 Å². The van der Waals surface area contributed by atoms with Gasteiger partial charge in [-0.25, -0.2) is 0 Å². The number of piperidine rings is 1. The van der Waals surface area contributed by atoms with Crippen molar-refractivity contribution in [3.63, 3.8) is 0 Å². The number of carbonyl (C=O) groups is 1. The van der Waals surface area contributed by atoms with Crippen LogP contribution in [0.5, 0.6) is 5.75 Å². The Morgan fingerprint density at radius 2 is 2.20 bits per heavy atom. The van der Waals surface area contributed by atoms with Crippen molar-refractivity contribution in [2.45, 2.75) is 51.7 Å². The molecule has 1 aromatic rings. The van der Waals surface area contributed by atoms with Gasteiger partial charge in [-0.1, -0.05) is 0 Å². The van der Waals surface area contributed by atoms with Crippen LogP contribution < -0.4 is 0 Å². The highest BCUT2D eigenvalue weighted by Gasteiger charge is 2.28. The first-order chi connectivity index (χ1) is 9.49. The first-order valence-corrected chi connectivity index (χ1v) is 7.27. The number of aromatic hydroxyl groups is 1. The SMILES string of the molecule is Cc1cc(C(=O)N2CCCCC2CC(C)O)ccc1O. The normalized spacial score (nSPS) is 20.8. The van der Waals surface area contributed by atoms with Gasteiger partial charge in [0.15, 0.2) is 0 Å². The molecule has 0 radical (unpaired) electrons. The van der Waals surface area contributed by atoms with Gasteiger partial charge in [-0.05, 0) is 63.3 Å². The first kappa shape index (κ1) is 14.9. The van der Waals surface area contributed by atoms with Crippen molar-refractivity contribution < 1.29 is 15.0 Å². The Hall–Kier alpha value is -1.55. The first-order valence-electron chi connectivity index (χ1n) is 7.27. The lowest BCUT2D eigenvalue weighted by Crippen LogP contribution is -2.45. The lowest BCUT2D eigenvalue weighted by Gasteiger charge is -2.36. The summed E-state index contributed by atoms with van der Waals surface area (Å²) in [5, 5.41) is 19.1. The Labute approximate surface area is 120 Å². The van der Waals surface area contributed by atoms with Gasteiger partial charge in [-0.2, -0.15) is 0 Å². The van der Waals surface area contributed by atoms with Crippen LogP contribution in [0.1, 0.15) is 48.5 Å². The Balaban J connectivity index is 2.18. The Kier molecular flexibility index (Phi) is 4.65. The van der Waals surface area contributed by atoms with Gasteiger partial charge >= 0.3 is 0 Å². The average Bonchev–Trinajstić information content (AvgIpc) is 2.41. The van der Waals surface area contributed by atoms with Crippen molar-refractivity contribution in [3.05, 3.63) is 29.3 Å². The molecule has 0 saturated carbocycles. The summed E-state index contributed by atoms with van der Waals surface area (Å²) in [6.45, 7) is 4.30. The second-order valence-corrected chi connectivity index (χ2v) is 5.73. The maximum Gasteiger partial charge on any atom is 0.254 e. The molecule has 2 rings (SSSR count). The van der Waals surface area contributed by atoms with E-state index in [0.717, 1.165) is 25.8 Å². The van der Waals surface area contributed by atoms with Gasteiger partial charge < -0.3 is 15.1 Å². The molecule has 1 aromatic carbocycles. The Morgan fingerprint density at radius 1 is 1.45 bits per heavy atom. The number of rotatable bonds is 3. The van der Waals surface area contributed by atoms with Gasteiger partial charge in [0.2, 0.25) is 0 Å². The molecule has 1 heterocycles. The summed E-state index contributed by atoms with van der Waals surface area (Å²) in [5.41, 5.74) is 1.32. The molecule has 1 aliphatic rings. The number of benzene rings is 1. The summed E-state index contributed by atoms with van der Waals surface area (Å²) >= 11 is 0. The lowest BCUT2D eigenvalue weighted by atomic mass is 9.96. The highest BCUT2D eigenvalue weighted by molar-refractivity contribution is 5.94. The van der Waals surface area contributed by atoms with Gasteiger partial charge in [-0.15, -0.1) is 0 Å². The summed E-state index contributed by atoms with van der Waals surface area (Å²) in [5.74, 6) is 0.208. The summed E-state index contributed by atoms with van der Waals surface area (Å²) in [6, 6.07) is 5.08. The zero-order valence-electron chi connectivity index (χ0n) is 12.2. The molecule has 2 atom stereocenters. The average molecular weight is 277 g/mol. The van der Waals surface area contributed by atoms with Crippen molar-refractivity contribution in [1.29, 1.82) is 0 Å². The second kappa shape index (κ2) is 6.27. The van der Waals surface area contributed by atoms with Crippen LogP contribution in [-0.2, 0) is 0 Å². The summed E-state index contributed by atoms with van der Waals surface area (Å²) in [4.78, 5) is 14.5. The third kappa shape index (κ3) is 3.31. The number of aliphatic hydroxyl groups is 1. The number of amides is 1. The summed E-state index contributed by atoms with van der Waals surface area (Å²) in [6.07, 6.45) is 3.31. The number of nitrogens with zero attached hydrogens (tertiary/aromatic N) is 1. The van der Waals surface area contributed by atoms with Gasteiger partial charge in [0.05, 0.1) is 6.10 Å². The van der Waals surface area contributed by atoms with E-state index in [0.29, 0.717) is 17.5 Å². The Bertz CT molecular complexity index is 485. The molecule has 0 spiro atoms. The van der Waals surface area contributed by atoms with Crippen LogP contribution in [-0.4, -0.2) is 39.7 Å². The maximum absolute atomic E-state index is 12.6. The van der Waals surface area contributed by atoms with Crippen molar-refractivity contribution >= 4 is 5.91 Å². The van der Waals surface area contributed by atoms with Crippen LogP contribution >= 0.6 is 0 Å². The third-order valence-corrected chi connectivity index (χ3v) is 3.94. The number of phenolic OH excluding ortho intramolecular Hbond substituents is 1. The smallest absolute Gasteiger partial charge is 0.254 e. The van der Waals surface area contributed by atoms with Crippen LogP contribution in [0.2, 0.25) is 0 Å². The van der Waals surface area contributed by atoms with Gasteiger partial charge in [0, 0.05) is 18.2 Å². The summed E-state index contributed by atoms with van der Waals surface area (Å²) < 4.78 is 0.